The Hall–Kier alpha value is -1.48. The zero-order chi connectivity index (χ0) is 18.9. The lowest BCUT2D eigenvalue weighted by molar-refractivity contribution is -0.137. The van der Waals surface area contributed by atoms with E-state index in [0.29, 0.717) is 32.3 Å². The number of ether oxygens (including phenoxy) is 1. The van der Waals surface area contributed by atoms with Crippen molar-refractivity contribution >= 4 is 15.6 Å². The van der Waals surface area contributed by atoms with Crippen LogP contribution in [0, 0.1) is 0 Å². The predicted molar refractivity (Wildman–Crippen MR) is 84.8 cm³/mol. The van der Waals surface area contributed by atoms with E-state index in [2.05, 4.69) is 4.98 Å². The first-order chi connectivity index (χ1) is 11.5. The molecule has 25 heavy (non-hydrogen) atoms. The number of hydrogen-bond donors (Lipinski definition) is 0. The van der Waals surface area contributed by atoms with Crippen LogP contribution in [-0.4, -0.2) is 42.4 Å². The molecular weight excluding hydrogens is 359 g/mol. The SMILES string of the molecule is CC(C)(C(=O)Cc1ccc(C(F)(F)F)cn1)S(=O)(=O)C1CCOCC1. The first-order valence-corrected chi connectivity index (χ1v) is 9.37. The molecule has 2 heterocycles. The summed E-state index contributed by atoms with van der Waals surface area (Å²) in [6.07, 6.45) is -3.55. The molecule has 0 aliphatic carbocycles. The van der Waals surface area contributed by atoms with Crippen molar-refractivity contribution in [2.75, 3.05) is 13.2 Å². The van der Waals surface area contributed by atoms with Crippen molar-refractivity contribution in [3.05, 3.63) is 29.6 Å². The molecule has 1 fully saturated rings. The summed E-state index contributed by atoms with van der Waals surface area (Å²) in [5.74, 6) is -0.591. The fraction of sp³-hybridized carbons (Fsp3) is 0.625. The summed E-state index contributed by atoms with van der Waals surface area (Å²) in [6.45, 7) is 3.33. The number of carbonyl (C=O) groups excluding carboxylic acids is 1. The fourth-order valence-corrected chi connectivity index (χ4v) is 4.67. The normalized spacial score (nSPS) is 17.5. The second kappa shape index (κ2) is 7.03. The number of ketones is 1. The standard InChI is InChI=1S/C16H20F3NO4S/c1-15(2,25(22,23)13-5-7-24-8-6-13)14(21)9-12-4-3-11(10-20-12)16(17,18)19/h3-4,10,13H,5-9H2,1-2H3. The van der Waals surface area contributed by atoms with Gasteiger partial charge in [0.1, 0.15) is 4.75 Å². The number of carbonyl (C=O) groups is 1. The van der Waals surface area contributed by atoms with Crippen LogP contribution in [0.15, 0.2) is 18.3 Å². The highest BCUT2D eigenvalue weighted by atomic mass is 32.2. The summed E-state index contributed by atoms with van der Waals surface area (Å²) in [5, 5.41) is -0.652. The summed E-state index contributed by atoms with van der Waals surface area (Å²) in [6, 6.07) is 1.92. The molecule has 0 aromatic carbocycles. The van der Waals surface area contributed by atoms with Crippen LogP contribution in [0.3, 0.4) is 0 Å². The average Bonchev–Trinajstić information content (AvgIpc) is 2.55. The van der Waals surface area contributed by atoms with Gasteiger partial charge in [-0.25, -0.2) is 8.42 Å². The van der Waals surface area contributed by atoms with Crippen LogP contribution in [0.2, 0.25) is 0 Å². The van der Waals surface area contributed by atoms with Crippen molar-refractivity contribution in [3.63, 3.8) is 0 Å². The monoisotopic (exact) mass is 379 g/mol. The first-order valence-electron chi connectivity index (χ1n) is 7.83. The summed E-state index contributed by atoms with van der Waals surface area (Å²) < 4.78 is 66.7. The van der Waals surface area contributed by atoms with Gasteiger partial charge < -0.3 is 4.74 Å². The molecule has 0 saturated carbocycles. The Balaban J connectivity index is 2.15. The molecule has 0 atom stereocenters. The zero-order valence-corrected chi connectivity index (χ0v) is 14.8. The van der Waals surface area contributed by atoms with Crippen molar-refractivity contribution in [2.24, 2.45) is 0 Å². The molecule has 0 N–H and O–H groups in total. The van der Waals surface area contributed by atoms with Gasteiger partial charge in [0.2, 0.25) is 0 Å². The van der Waals surface area contributed by atoms with E-state index in [9.17, 15) is 26.4 Å². The van der Waals surface area contributed by atoms with E-state index in [-0.39, 0.29) is 12.1 Å². The van der Waals surface area contributed by atoms with Gasteiger partial charge in [-0.1, -0.05) is 0 Å². The van der Waals surface area contributed by atoms with Gasteiger partial charge in [0.25, 0.3) is 0 Å². The number of alkyl halides is 3. The quantitative estimate of drug-likeness (QED) is 0.786. The molecule has 0 radical (unpaired) electrons. The van der Waals surface area contributed by atoms with Crippen LogP contribution < -0.4 is 0 Å². The lowest BCUT2D eigenvalue weighted by atomic mass is 10.0. The van der Waals surface area contributed by atoms with Crippen molar-refractivity contribution < 1.29 is 31.1 Å². The third-order valence-corrected chi connectivity index (χ3v) is 7.48. The zero-order valence-electron chi connectivity index (χ0n) is 14.0. The minimum Gasteiger partial charge on any atom is -0.381 e. The molecule has 0 amide bonds. The first kappa shape index (κ1) is 19.8. The fourth-order valence-electron chi connectivity index (χ4n) is 2.64. The largest absolute Gasteiger partial charge is 0.417 e. The number of nitrogens with zero attached hydrogens (tertiary/aromatic N) is 1. The smallest absolute Gasteiger partial charge is 0.381 e. The molecular formula is C16H20F3NO4S. The number of hydrogen-bond acceptors (Lipinski definition) is 5. The maximum atomic E-state index is 12.8. The molecule has 1 aliphatic heterocycles. The highest BCUT2D eigenvalue weighted by Gasteiger charge is 2.46. The van der Waals surface area contributed by atoms with E-state index in [1.165, 1.54) is 13.8 Å². The molecule has 140 valence electrons. The summed E-state index contributed by atoms with van der Waals surface area (Å²) in [5.41, 5.74) is -0.814. The van der Waals surface area contributed by atoms with Crippen LogP contribution in [-0.2, 0) is 32.0 Å². The minimum absolute atomic E-state index is 0.105. The summed E-state index contributed by atoms with van der Waals surface area (Å²) in [7, 11) is -3.75. The van der Waals surface area contributed by atoms with Crippen molar-refractivity contribution in [1.29, 1.82) is 0 Å². The number of Topliss-reactive ketones (excluding diaryl/α,β-unsaturated/α-hetero) is 1. The highest BCUT2D eigenvalue weighted by molar-refractivity contribution is 7.94. The minimum atomic E-state index is -4.51. The van der Waals surface area contributed by atoms with Crippen molar-refractivity contribution in [2.45, 2.75) is 49.3 Å². The van der Waals surface area contributed by atoms with Gasteiger partial charge in [-0.3, -0.25) is 9.78 Å². The van der Waals surface area contributed by atoms with Gasteiger partial charge in [0, 0.05) is 25.1 Å². The number of pyridine rings is 1. The van der Waals surface area contributed by atoms with Crippen molar-refractivity contribution in [1.82, 2.24) is 4.98 Å². The second-order valence-electron chi connectivity index (χ2n) is 6.50. The van der Waals surface area contributed by atoms with E-state index < -0.39 is 37.4 Å². The van der Waals surface area contributed by atoms with Gasteiger partial charge in [0.05, 0.1) is 17.2 Å². The highest BCUT2D eigenvalue weighted by Crippen LogP contribution is 2.30. The Morgan fingerprint density at radius 3 is 2.32 bits per heavy atom. The third kappa shape index (κ3) is 4.20. The van der Waals surface area contributed by atoms with Crippen LogP contribution in [0.25, 0.3) is 0 Å². The van der Waals surface area contributed by atoms with E-state index >= 15 is 0 Å². The maximum absolute atomic E-state index is 12.8. The maximum Gasteiger partial charge on any atom is 0.417 e. The molecule has 0 unspecified atom stereocenters. The number of rotatable bonds is 5. The molecule has 1 aromatic rings. The predicted octanol–water partition coefficient (Wildman–Crippen LogP) is 2.58. The van der Waals surface area contributed by atoms with Gasteiger partial charge in [-0.15, -0.1) is 0 Å². The summed E-state index contributed by atoms with van der Waals surface area (Å²) in [4.78, 5) is 16.2. The van der Waals surface area contributed by atoms with Crippen LogP contribution >= 0.6 is 0 Å². The molecule has 9 heteroatoms. The third-order valence-electron chi connectivity index (χ3n) is 4.48. The summed E-state index contributed by atoms with van der Waals surface area (Å²) >= 11 is 0. The van der Waals surface area contributed by atoms with Gasteiger partial charge in [0.15, 0.2) is 15.6 Å². The molecule has 5 nitrogen and oxygen atoms in total. The number of sulfone groups is 1. The van der Waals surface area contributed by atoms with Gasteiger partial charge in [-0.2, -0.15) is 13.2 Å². The average molecular weight is 379 g/mol. The van der Waals surface area contributed by atoms with E-state index in [4.69, 9.17) is 4.74 Å². The Labute approximate surface area is 144 Å². The molecule has 0 spiro atoms. The Kier molecular flexibility index (Phi) is 5.58. The Bertz CT molecular complexity index is 721. The van der Waals surface area contributed by atoms with Crippen LogP contribution in [0.1, 0.15) is 37.9 Å². The molecule has 0 bridgehead atoms. The lowest BCUT2D eigenvalue weighted by Crippen LogP contribution is -2.48. The molecule has 1 aliphatic rings. The Morgan fingerprint density at radius 1 is 1.24 bits per heavy atom. The van der Waals surface area contributed by atoms with Gasteiger partial charge in [-0.05, 0) is 38.8 Å². The molecule has 2 rings (SSSR count). The molecule has 1 saturated heterocycles. The van der Waals surface area contributed by atoms with E-state index in [1.807, 2.05) is 0 Å². The van der Waals surface area contributed by atoms with Crippen LogP contribution in [0.4, 0.5) is 13.2 Å². The number of halogens is 3. The number of aromatic nitrogens is 1. The topological polar surface area (TPSA) is 73.3 Å². The molecule has 1 aromatic heterocycles. The second-order valence-corrected chi connectivity index (χ2v) is 9.28. The lowest BCUT2D eigenvalue weighted by Gasteiger charge is -2.31. The van der Waals surface area contributed by atoms with Crippen LogP contribution in [0.5, 0.6) is 0 Å². The van der Waals surface area contributed by atoms with E-state index in [1.54, 1.807) is 0 Å². The van der Waals surface area contributed by atoms with E-state index in [0.717, 1.165) is 12.1 Å². The van der Waals surface area contributed by atoms with Gasteiger partial charge >= 0.3 is 6.18 Å². The Morgan fingerprint density at radius 2 is 1.84 bits per heavy atom. The van der Waals surface area contributed by atoms with Crippen molar-refractivity contribution in [3.8, 4) is 0 Å².